The summed E-state index contributed by atoms with van der Waals surface area (Å²) in [5, 5.41) is 73.7. The van der Waals surface area contributed by atoms with E-state index >= 15 is 0 Å². The smallest absolute Gasteiger partial charge is 0.157 e. The number of hydrogen-bond donors (Lipinski definition) is 7. The van der Waals surface area contributed by atoms with E-state index in [-0.39, 0.29) is 23.7 Å². The minimum absolute atomic E-state index is 0.0111. The Labute approximate surface area is 223 Å². The summed E-state index contributed by atoms with van der Waals surface area (Å²) < 4.78 is 12.2. The van der Waals surface area contributed by atoms with Crippen molar-refractivity contribution in [1.82, 2.24) is 0 Å². The molecule has 5 atom stereocenters. The zero-order valence-electron chi connectivity index (χ0n) is 20.5. The Balaban J connectivity index is 1.51. The molecule has 6 rings (SSSR count). The van der Waals surface area contributed by atoms with Crippen molar-refractivity contribution >= 4 is 0 Å². The summed E-state index contributed by atoms with van der Waals surface area (Å²) in [4.78, 5) is 0. The summed E-state index contributed by atoms with van der Waals surface area (Å²) in [5.41, 5.74) is 2.44. The minimum Gasteiger partial charge on any atom is -0.508 e. The van der Waals surface area contributed by atoms with Gasteiger partial charge in [-0.15, -0.1) is 0 Å². The van der Waals surface area contributed by atoms with Gasteiger partial charge in [-0.3, -0.25) is 0 Å². The molecular formula is C30H26O9. The molecule has 0 aromatic heterocycles. The maximum atomic E-state index is 11.7. The number of fused-ring (bicyclic) bond motifs is 2. The molecule has 9 heteroatoms. The van der Waals surface area contributed by atoms with Gasteiger partial charge in [0.1, 0.15) is 34.9 Å². The highest BCUT2D eigenvalue weighted by Crippen LogP contribution is 2.51. The molecule has 4 aromatic rings. The van der Waals surface area contributed by atoms with E-state index in [2.05, 4.69) is 0 Å². The Bertz CT molecular complexity index is 1550. The van der Waals surface area contributed by atoms with Gasteiger partial charge in [0.05, 0.1) is 6.10 Å². The Morgan fingerprint density at radius 2 is 1.15 bits per heavy atom. The van der Waals surface area contributed by atoms with Crippen molar-refractivity contribution in [3.63, 3.8) is 0 Å². The summed E-state index contributed by atoms with van der Waals surface area (Å²) in [7, 11) is 0. The van der Waals surface area contributed by atoms with E-state index in [0.717, 1.165) is 0 Å². The topological polar surface area (TPSA) is 160 Å². The van der Waals surface area contributed by atoms with Crippen LogP contribution in [0.5, 0.6) is 40.2 Å². The lowest BCUT2D eigenvalue weighted by Gasteiger charge is -2.39. The van der Waals surface area contributed by atoms with Gasteiger partial charge in [-0.2, -0.15) is 0 Å². The largest absolute Gasteiger partial charge is 0.508 e. The van der Waals surface area contributed by atoms with Gasteiger partial charge in [-0.05, 0) is 53.1 Å². The Morgan fingerprint density at radius 1 is 0.564 bits per heavy atom. The molecule has 0 amide bonds. The lowest BCUT2D eigenvalue weighted by atomic mass is 9.76. The summed E-state index contributed by atoms with van der Waals surface area (Å²) >= 11 is 0. The maximum absolute atomic E-state index is 11.7. The molecular weight excluding hydrogens is 504 g/mol. The number of phenols is 5. The first-order valence-corrected chi connectivity index (χ1v) is 12.4. The van der Waals surface area contributed by atoms with E-state index in [1.54, 1.807) is 24.3 Å². The highest BCUT2D eigenvalue weighted by Gasteiger charge is 2.43. The molecule has 0 spiro atoms. The third-order valence-electron chi connectivity index (χ3n) is 7.36. The first kappa shape index (κ1) is 24.7. The fourth-order valence-corrected chi connectivity index (χ4v) is 5.49. The van der Waals surface area contributed by atoms with Crippen molar-refractivity contribution in [2.75, 3.05) is 0 Å². The predicted molar refractivity (Wildman–Crippen MR) is 138 cm³/mol. The molecule has 0 saturated carbocycles. The van der Waals surface area contributed by atoms with E-state index in [4.69, 9.17) is 9.47 Å². The fraction of sp³-hybridized carbons (Fsp3) is 0.200. The first-order valence-electron chi connectivity index (χ1n) is 12.4. The summed E-state index contributed by atoms with van der Waals surface area (Å²) in [6.45, 7) is 0. The Hall–Kier alpha value is -4.60. The molecule has 9 nitrogen and oxygen atoms in total. The lowest BCUT2D eigenvalue weighted by Crippen LogP contribution is -2.37. The second kappa shape index (κ2) is 9.30. The van der Waals surface area contributed by atoms with E-state index in [1.807, 2.05) is 0 Å². The maximum Gasteiger partial charge on any atom is 0.157 e. The zero-order chi connectivity index (χ0) is 27.4. The van der Waals surface area contributed by atoms with Crippen molar-refractivity contribution in [2.45, 2.75) is 36.8 Å². The van der Waals surface area contributed by atoms with Crippen LogP contribution in [0.15, 0.2) is 72.8 Å². The quantitative estimate of drug-likeness (QED) is 0.195. The first-order chi connectivity index (χ1) is 18.7. The number of aromatic hydroxyl groups is 5. The summed E-state index contributed by atoms with van der Waals surface area (Å²) in [5.74, 6) is -1.08. The van der Waals surface area contributed by atoms with Crippen LogP contribution in [-0.2, 0) is 6.42 Å². The van der Waals surface area contributed by atoms with Gasteiger partial charge in [0, 0.05) is 35.6 Å². The molecule has 0 aliphatic carbocycles. The van der Waals surface area contributed by atoms with E-state index in [0.29, 0.717) is 39.3 Å². The average Bonchev–Trinajstić information content (AvgIpc) is 2.90. The molecule has 2 aliphatic heterocycles. The second-order valence-corrected chi connectivity index (χ2v) is 9.89. The van der Waals surface area contributed by atoms with E-state index in [9.17, 15) is 35.7 Å². The van der Waals surface area contributed by atoms with Crippen LogP contribution in [0.4, 0.5) is 0 Å². The Morgan fingerprint density at radius 3 is 1.87 bits per heavy atom. The molecule has 0 saturated heterocycles. The van der Waals surface area contributed by atoms with Crippen molar-refractivity contribution in [3.8, 4) is 40.2 Å². The number of aliphatic hydroxyl groups is 2. The molecule has 0 bridgehead atoms. The van der Waals surface area contributed by atoms with Crippen LogP contribution in [0.2, 0.25) is 0 Å². The van der Waals surface area contributed by atoms with E-state index in [1.165, 1.54) is 48.5 Å². The average molecular weight is 531 g/mol. The highest BCUT2D eigenvalue weighted by molar-refractivity contribution is 5.56. The van der Waals surface area contributed by atoms with Crippen LogP contribution in [-0.4, -0.2) is 48.0 Å². The zero-order valence-corrected chi connectivity index (χ0v) is 20.5. The summed E-state index contributed by atoms with van der Waals surface area (Å²) in [6, 6.07) is 17.9. The SMILES string of the molecule is Oc1ccc([C@H]2Oc3cc(O)ccc3[C@@H](c3cc(O)c(O)cc3[C@H]3Oc4cc(O)ccc4C[C@@H]3O)[C@@H]2O)cc1. The van der Waals surface area contributed by atoms with Crippen LogP contribution in [0, 0.1) is 0 Å². The number of rotatable bonds is 3. The fourth-order valence-electron chi connectivity index (χ4n) is 5.49. The number of benzene rings is 4. The minimum atomic E-state index is -1.23. The number of ether oxygens (including phenoxy) is 2. The van der Waals surface area contributed by atoms with Crippen molar-refractivity contribution in [3.05, 3.63) is 101 Å². The normalized spacial score (nSPS) is 23.7. The van der Waals surface area contributed by atoms with Gasteiger partial charge in [0.15, 0.2) is 23.7 Å². The van der Waals surface area contributed by atoms with Crippen LogP contribution < -0.4 is 9.47 Å². The highest BCUT2D eigenvalue weighted by atomic mass is 16.5. The molecule has 39 heavy (non-hydrogen) atoms. The Kier molecular flexibility index (Phi) is 5.90. The lowest BCUT2D eigenvalue weighted by molar-refractivity contribution is 0.00400. The van der Waals surface area contributed by atoms with Crippen LogP contribution >= 0.6 is 0 Å². The molecule has 2 aliphatic rings. The van der Waals surface area contributed by atoms with Gasteiger partial charge in [-0.25, -0.2) is 0 Å². The van der Waals surface area contributed by atoms with Gasteiger partial charge < -0.3 is 45.2 Å². The monoisotopic (exact) mass is 530 g/mol. The third kappa shape index (κ3) is 4.31. The molecule has 2 heterocycles. The second-order valence-electron chi connectivity index (χ2n) is 9.89. The van der Waals surface area contributed by atoms with Gasteiger partial charge in [-0.1, -0.05) is 24.3 Å². The molecule has 0 radical (unpaired) electrons. The number of aliphatic hydroxyl groups excluding tert-OH is 2. The van der Waals surface area contributed by atoms with Gasteiger partial charge >= 0.3 is 0 Å². The number of phenolic OH excluding ortho intramolecular Hbond substituents is 5. The van der Waals surface area contributed by atoms with Crippen LogP contribution in [0.25, 0.3) is 0 Å². The van der Waals surface area contributed by atoms with Gasteiger partial charge in [0.25, 0.3) is 0 Å². The molecule has 4 aromatic carbocycles. The number of hydrogen-bond acceptors (Lipinski definition) is 9. The molecule has 0 fully saturated rings. The van der Waals surface area contributed by atoms with Crippen LogP contribution in [0.3, 0.4) is 0 Å². The summed E-state index contributed by atoms with van der Waals surface area (Å²) in [6.07, 6.45) is -4.01. The predicted octanol–water partition coefficient (Wildman–Crippen LogP) is 3.88. The van der Waals surface area contributed by atoms with Crippen LogP contribution in [0.1, 0.15) is 45.9 Å². The third-order valence-corrected chi connectivity index (χ3v) is 7.36. The van der Waals surface area contributed by atoms with E-state index < -0.39 is 41.8 Å². The molecule has 0 unspecified atom stereocenters. The standard InChI is InChI=1S/C30H26O9/c31-16-4-1-14(2-5-16)29-28(37)27(19-8-7-18(33)11-26(19)39-29)20-12-22(34)23(35)13-21(20)30-24(36)9-15-3-6-17(32)10-25(15)38-30/h1-8,10-13,24,27-37H,9H2/t24-,27-,28-,29+,30+/m0/s1. The van der Waals surface area contributed by atoms with Crippen molar-refractivity contribution in [2.24, 2.45) is 0 Å². The van der Waals surface area contributed by atoms with Crippen molar-refractivity contribution in [1.29, 1.82) is 0 Å². The van der Waals surface area contributed by atoms with Crippen molar-refractivity contribution < 1.29 is 45.2 Å². The van der Waals surface area contributed by atoms with Gasteiger partial charge in [0.2, 0.25) is 0 Å². The molecule has 200 valence electrons. The molecule has 7 N–H and O–H groups in total.